The van der Waals surface area contributed by atoms with Crippen LogP contribution in [-0.4, -0.2) is 28.5 Å². The van der Waals surface area contributed by atoms with Gasteiger partial charge < -0.3 is 16.4 Å². The van der Waals surface area contributed by atoms with E-state index in [1.54, 1.807) is 0 Å². The smallest absolute Gasteiger partial charge is 0.222 e. The van der Waals surface area contributed by atoms with Crippen LogP contribution in [0.2, 0.25) is 0 Å². The molecular formula is C16H23N5O. The van der Waals surface area contributed by atoms with Gasteiger partial charge in [0.2, 0.25) is 11.9 Å². The van der Waals surface area contributed by atoms with Gasteiger partial charge in [0.15, 0.2) is 0 Å². The van der Waals surface area contributed by atoms with Crippen LogP contribution in [0.25, 0.3) is 10.9 Å². The first-order valence-electron chi connectivity index (χ1n) is 7.63. The fraction of sp³-hybridized carbons (Fsp3) is 0.438. The molecule has 0 saturated carbocycles. The fourth-order valence-corrected chi connectivity index (χ4v) is 2.34. The average molecular weight is 301 g/mol. The van der Waals surface area contributed by atoms with E-state index in [0.29, 0.717) is 6.54 Å². The summed E-state index contributed by atoms with van der Waals surface area (Å²) in [7, 11) is 0. The van der Waals surface area contributed by atoms with Crippen molar-refractivity contribution in [3.05, 3.63) is 24.3 Å². The van der Waals surface area contributed by atoms with Gasteiger partial charge in [0.1, 0.15) is 5.82 Å². The monoisotopic (exact) mass is 301 g/mol. The Hall–Kier alpha value is -2.37. The molecule has 0 saturated heterocycles. The molecule has 6 heteroatoms. The molecule has 1 heterocycles. The van der Waals surface area contributed by atoms with Gasteiger partial charge in [-0.3, -0.25) is 4.79 Å². The average Bonchev–Trinajstić information content (AvgIpc) is 2.49. The molecule has 6 nitrogen and oxygen atoms in total. The topological polar surface area (TPSA) is 92.9 Å². The fourth-order valence-electron chi connectivity index (χ4n) is 2.34. The molecule has 1 aromatic carbocycles. The first-order chi connectivity index (χ1) is 10.6. The molecule has 22 heavy (non-hydrogen) atoms. The first-order valence-corrected chi connectivity index (χ1v) is 7.63. The van der Waals surface area contributed by atoms with Crippen LogP contribution in [0.15, 0.2) is 24.3 Å². The van der Waals surface area contributed by atoms with Crippen molar-refractivity contribution in [3.63, 3.8) is 0 Å². The highest BCUT2D eigenvalue weighted by atomic mass is 16.1. The van der Waals surface area contributed by atoms with Crippen LogP contribution >= 0.6 is 0 Å². The SMILES string of the molecule is CCCCC(CNC(C)=O)Nc1nc(N)nc2ccccc12. The van der Waals surface area contributed by atoms with E-state index in [-0.39, 0.29) is 17.9 Å². The zero-order valence-corrected chi connectivity index (χ0v) is 13.1. The Bertz CT molecular complexity index is 643. The van der Waals surface area contributed by atoms with Gasteiger partial charge in [-0.15, -0.1) is 0 Å². The number of nitrogens with zero attached hydrogens (tertiary/aromatic N) is 2. The summed E-state index contributed by atoms with van der Waals surface area (Å²) in [6.07, 6.45) is 3.13. The molecule has 4 N–H and O–H groups in total. The maximum absolute atomic E-state index is 11.2. The summed E-state index contributed by atoms with van der Waals surface area (Å²) in [4.78, 5) is 19.7. The molecule has 1 aromatic heterocycles. The van der Waals surface area contributed by atoms with Crippen LogP contribution in [0, 0.1) is 0 Å². The molecule has 2 aromatic rings. The maximum Gasteiger partial charge on any atom is 0.222 e. The molecule has 2 rings (SSSR count). The Morgan fingerprint density at radius 3 is 2.82 bits per heavy atom. The van der Waals surface area contributed by atoms with Crippen molar-refractivity contribution in [2.24, 2.45) is 0 Å². The number of hydrogen-bond acceptors (Lipinski definition) is 5. The number of amides is 1. The molecule has 1 amide bonds. The van der Waals surface area contributed by atoms with E-state index in [4.69, 9.17) is 5.73 Å². The summed E-state index contributed by atoms with van der Waals surface area (Å²) in [5.74, 6) is 0.930. The van der Waals surface area contributed by atoms with E-state index in [1.165, 1.54) is 6.92 Å². The molecule has 118 valence electrons. The van der Waals surface area contributed by atoms with Crippen molar-refractivity contribution in [1.82, 2.24) is 15.3 Å². The van der Waals surface area contributed by atoms with Gasteiger partial charge in [0, 0.05) is 24.9 Å². The molecule has 0 aliphatic carbocycles. The lowest BCUT2D eigenvalue weighted by Crippen LogP contribution is -2.35. The minimum Gasteiger partial charge on any atom is -0.368 e. The van der Waals surface area contributed by atoms with Crippen molar-refractivity contribution < 1.29 is 4.79 Å². The quantitative estimate of drug-likeness (QED) is 0.730. The summed E-state index contributed by atoms with van der Waals surface area (Å²) in [6, 6.07) is 7.85. The highest BCUT2D eigenvalue weighted by Crippen LogP contribution is 2.22. The van der Waals surface area contributed by atoms with Crippen LogP contribution in [0.5, 0.6) is 0 Å². The lowest BCUT2D eigenvalue weighted by molar-refractivity contribution is -0.119. The third-order valence-electron chi connectivity index (χ3n) is 3.46. The molecule has 0 bridgehead atoms. The number of benzene rings is 1. The Morgan fingerprint density at radius 1 is 1.32 bits per heavy atom. The van der Waals surface area contributed by atoms with Crippen LogP contribution < -0.4 is 16.4 Å². The molecule has 0 spiro atoms. The predicted octanol–water partition coefficient (Wildman–Crippen LogP) is 2.32. The Kier molecular flexibility index (Phi) is 5.52. The number of rotatable bonds is 7. The second-order valence-electron chi connectivity index (χ2n) is 5.37. The molecule has 0 aliphatic rings. The number of nitrogen functional groups attached to an aromatic ring is 1. The van der Waals surface area contributed by atoms with E-state index in [2.05, 4.69) is 27.5 Å². The Balaban J connectivity index is 2.22. The second kappa shape index (κ2) is 7.59. The molecule has 1 atom stereocenters. The van der Waals surface area contributed by atoms with Gasteiger partial charge in [-0.2, -0.15) is 4.98 Å². The first kappa shape index (κ1) is 16.0. The van der Waals surface area contributed by atoms with Gasteiger partial charge >= 0.3 is 0 Å². The molecule has 0 radical (unpaired) electrons. The summed E-state index contributed by atoms with van der Waals surface area (Å²) in [5.41, 5.74) is 6.60. The molecular weight excluding hydrogens is 278 g/mol. The number of nitrogens with one attached hydrogen (secondary N) is 2. The number of para-hydroxylation sites is 1. The van der Waals surface area contributed by atoms with Crippen molar-refractivity contribution in [1.29, 1.82) is 0 Å². The third-order valence-corrected chi connectivity index (χ3v) is 3.46. The van der Waals surface area contributed by atoms with E-state index >= 15 is 0 Å². The Morgan fingerprint density at radius 2 is 2.09 bits per heavy atom. The van der Waals surface area contributed by atoms with Crippen LogP contribution in [0.1, 0.15) is 33.1 Å². The van der Waals surface area contributed by atoms with Gasteiger partial charge in [0.05, 0.1) is 5.52 Å². The summed E-state index contributed by atoms with van der Waals surface area (Å²) in [6.45, 7) is 4.23. The van der Waals surface area contributed by atoms with E-state index in [9.17, 15) is 4.79 Å². The highest BCUT2D eigenvalue weighted by molar-refractivity contribution is 5.90. The second-order valence-corrected chi connectivity index (χ2v) is 5.37. The van der Waals surface area contributed by atoms with Crippen molar-refractivity contribution in [2.45, 2.75) is 39.2 Å². The van der Waals surface area contributed by atoms with E-state index in [1.807, 2.05) is 24.3 Å². The molecule has 0 aliphatic heterocycles. The number of nitrogens with two attached hydrogens (primary N) is 1. The zero-order valence-electron chi connectivity index (χ0n) is 13.1. The number of hydrogen-bond donors (Lipinski definition) is 3. The minimum absolute atomic E-state index is 0.0321. The third kappa shape index (κ3) is 4.31. The van der Waals surface area contributed by atoms with Crippen molar-refractivity contribution >= 4 is 28.6 Å². The summed E-state index contributed by atoms with van der Waals surface area (Å²) >= 11 is 0. The lowest BCUT2D eigenvalue weighted by Gasteiger charge is -2.20. The number of anilines is 2. The lowest BCUT2D eigenvalue weighted by atomic mass is 10.1. The van der Waals surface area contributed by atoms with Gasteiger partial charge in [0.25, 0.3) is 0 Å². The molecule has 1 unspecified atom stereocenters. The maximum atomic E-state index is 11.2. The largest absolute Gasteiger partial charge is 0.368 e. The normalized spacial score (nSPS) is 12.1. The van der Waals surface area contributed by atoms with Gasteiger partial charge in [-0.1, -0.05) is 31.9 Å². The van der Waals surface area contributed by atoms with Crippen LogP contribution in [0.3, 0.4) is 0 Å². The van der Waals surface area contributed by atoms with E-state index in [0.717, 1.165) is 36.0 Å². The van der Waals surface area contributed by atoms with E-state index < -0.39 is 0 Å². The number of carbonyl (C=O) groups excluding carboxylic acids is 1. The minimum atomic E-state index is -0.0321. The summed E-state index contributed by atoms with van der Waals surface area (Å²) in [5, 5.41) is 7.20. The van der Waals surface area contributed by atoms with Gasteiger partial charge in [-0.25, -0.2) is 4.98 Å². The number of unbranched alkanes of at least 4 members (excludes halogenated alkanes) is 1. The highest BCUT2D eigenvalue weighted by Gasteiger charge is 2.13. The standard InChI is InChI=1S/C16H23N5O/c1-3-4-7-12(10-18-11(2)22)19-15-13-8-5-6-9-14(13)20-16(17)21-15/h5-6,8-9,12H,3-4,7,10H2,1-2H3,(H,18,22)(H3,17,19,20,21). The Labute approximate surface area is 130 Å². The molecule has 0 fully saturated rings. The van der Waals surface area contributed by atoms with Crippen LogP contribution in [0.4, 0.5) is 11.8 Å². The zero-order chi connectivity index (χ0) is 15.9. The van der Waals surface area contributed by atoms with Crippen molar-refractivity contribution in [2.75, 3.05) is 17.6 Å². The number of carbonyl (C=O) groups is 1. The number of fused-ring (bicyclic) bond motifs is 1. The van der Waals surface area contributed by atoms with Crippen molar-refractivity contribution in [3.8, 4) is 0 Å². The van der Waals surface area contributed by atoms with Gasteiger partial charge in [-0.05, 0) is 18.6 Å². The predicted molar refractivity (Wildman–Crippen MR) is 89.6 cm³/mol. The number of aromatic nitrogens is 2. The van der Waals surface area contributed by atoms with Crippen LogP contribution in [-0.2, 0) is 4.79 Å². The summed E-state index contributed by atoms with van der Waals surface area (Å²) < 4.78 is 0.